The Morgan fingerprint density at radius 2 is 2.03 bits per heavy atom. The van der Waals surface area contributed by atoms with Crippen LogP contribution in [0.5, 0.6) is 5.75 Å². The summed E-state index contributed by atoms with van der Waals surface area (Å²) in [4.78, 5) is 17.0. The molecular formula is C21H21N3O3S2. The molecule has 0 aliphatic heterocycles. The Hall–Kier alpha value is -2.84. The fourth-order valence-electron chi connectivity index (χ4n) is 2.57. The maximum atomic E-state index is 11.5. The fourth-order valence-corrected chi connectivity index (χ4v) is 3.64. The van der Waals surface area contributed by atoms with Gasteiger partial charge in [0.25, 0.3) is 0 Å². The number of phenols is 1. The van der Waals surface area contributed by atoms with Crippen molar-refractivity contribution in [3.05, 3.63) is 59.1 Å². The molecule has 3 rings (SSSR count). The van der Waals surface area contributed by atoms with Crippen LogP contribution >= 0.6 is 23.1 Å². The van der Waals surface area contributed by atoms with Gasteiger partial charge in [-0.1, -0.05) is 18.2 Å². The van der Waals surface area contributed by atoms with E-state index >= 15 is 0 Å². The summed E-state index contributed by atoms with van der Waals surface area (Å²) in [7, 11) is 0. The highest BCUT2D eigenvalue weighted by molar-refractivity contribution is 7.98. The predicted molar refractivity (Wildman–Crippen MR) is 119 cm³/mol. The van der Waals surface area contributed by atoms with Crippen molar-refractivity contribution < 1.29 is 14.6 Å². The minimum absolute atomic E-state index is 0.135. The zero-order chi connectivity index (χ0) is 20.6. The Morgan fingerprint density at radius 3 is 2.72 bits per heavy atom. The number of hydrogen-bond acceptors (Lipinski definition) is 8. The molecule has 0 spiro atoms. The van der Waals surface area contributed by atoms with Crippen LogP contribution in [0.3, 0.4) is 0 Å². The van der Waals surface area contributed by atoms with Gasteiger partial charge < -0.3 is 9.84 Å². The van der Waals surface area contributed by atoms with Gasteiger partial charge in [0.2, 0.25) is 5.13 Å². The average molecular weight is 428 g/mol. The molecule has 150 valence electrons. The molecule has 0 atom stereocenters. The number of esters is 1. The van der Waals surface area contributed by atoms with Gasteiger partial charge in [-0.2, -0.15) is 5.10 Å². The molecule has 8 heteroatoms. The first-order chi connectivity index (χ1) is 14.1. The quantitative estimate of drug-likeness (QED) is 0.233. The molecule has 2 aromatic carbocycles. The minimum Gasteiger partial charge on any atom is -0.507 e. The molecule has 0 aliphatic carbocycles. The molecule has 0 unspecified atom stereocenters. The molecule has 0 saturated carbocycles. The van der Waals surface area contributed by atoms with E-state index < -0.39 is 0 Å². The van der Waals surface area contributed by atoms with Gasteiger partial charge in [0.05, 0.1) is 24.9 Å². The third-order valence-corrected chi connectivity index (χ3v) is 5.54. The maximum absolute atomic E-state index is 11.5. The zero-order valence-corrected chi connectivity index (χ0v) is 17.7. The maximum Gasteiger partial charge on any atom is 0.311 e. The van der Waals surface area contributed by atoms with E-state index in [-0.39, 0.29) is 18.1 Å². The van der Waals surface area contributed by atoms with Crippen LogP contribution in [-0.2, 0) is 16.0 Å². The van der Waals surface area contributed by atoms with Crippen LogP contribution in [0.25, 0.3) is 11.1 Å². The van der Waals surface area contributed by atoms with Crippen molar-refractivity contribution in [1.82, 2.24) is 4.98 Å². The molecule has 0 amide bonds. The first kappa shape index (κ1) is 20.9. The summed E-state index contributed by atoms with van der Waals surface area (Å²) in [6.07, 6.45) is 3.70. The van der Waals surface area contributed by atoms with E-state index in [0.717, 1.165) is 11.1 Å². The molecule has 0 fully saturated rings. The summed E-state index contributed by atoms with van der Waals surface area (Å²) >= 11 is 3.03. The molecule has 6 nitrogen and oxygen atoms in total. The third kappa shape index (κ3) is 5.82. The van der Waals surface area contributed by atoms with Crippen LogP contribution in [0, 0.1) is 0 Å². The lowest BCUT2D eigenvalue weighted by Crippen LogP contribution is -2.07. The molecule has 0 bridgehead atoms. The number of rotatable bonds is 8. The number of benzene rings is 2. The molecule has 1 heterocycles. The van der Waals surface area contributed by atoms with Crippen LogP contribution < -0.4 is 5.43 Å². The number of ether oxygens (including phenoxy) is 1. The van der Waals surface area contributed by atoms with Crippen molar-refractivity contribution >= 4 is 40.4 Å². The van der Waals surface area contributed by atoms with Gasteiger partial charge in [0.15, 0.2) is 0 Å². The van der Waals surface area contributed by atoms with Crippen LogP contribution in [0.1, 0.15) is 18.2 Å². The molecule has 3 aromatic rings. The smallest absolute Gasteiger partial charge is 0.311 e. The monoisotopic (exact) mass is 427 g/mol. The molecule has 29 heavy (non-hydrogen) atoms. The third-order valence-electron chi connectivity index (χ3n) is 4.00. The number of carbonyl (C=O) groups excluding carboxylic acids is 1. The Kier molecular flexibility index (Phi) is 7.26. The molecule has 0 saturated heterocycles. The van der Waals surface area contributed by atoms with E-state index in [2.05, 4.69) is 27.6 Å². The van der Waals surface area contributed by atoms with Gasteiger partial charge >= 0.3 is 5.97 Å². The number of anilines is 1. The normalized spacial score (nSPS) is 11.0. The first-order valence-corrected chi connectivity index (χ1v) is 11.1. The van der Waals surface area contributed by atoms with Gasteiger partial charge in [-0.25, -0.2) is 4.98 Å². The van der Waals surface area contributed by atoms with Crippen molar-refractivity contribution in [2.45, 2.75) is 18.2 Å². The number of thiazole rings is 1. The van der Waals surface area contributed by atoms with Gasteiger partial charge in [-0.05, 0) is 48.6 Å². The molecule has 2 N–H and O–H groups in total. The topological polar surface area (TPSA) is 83.8 Å². The second kappa shape index (κ2) is 10.1. The number of aromatic hydroxyl groups is 1. The number of aromatic nitrogens is 1. The highest BCUT2D eigenvalue weighted by Crippen LogP contribution is 2.27. The van der Waals surface area contributed by atoms with Gasteiger partial charge in [-0.3, -0.25) is 10.2 Å². The number of nitrogens with zero attached hydrogens (tertiary/aromatic N) is 2. The SMILES string of the molecule is CCOC(=O)Cc1csc(NN=Cc2ccc(-c3ccc(SC)cc3)cc2O)n1. The van der Waals surface area contributed by atoms with E-state index in [1.54, 1.807) is 30.1 Å². The van der Waals surface area contributed by atoms with Crippen molar-refractivity contribution in [2.24, 2.45) is 5.10 Å². The number of nitrogens with one attached hydrogen (secondary N) is 1. The lowest BCUT2D eigenvalue weighted by Gasteiger charge is -2.06. The number of hydrazone groups is 1. The minimum atomic E-state index is -0.305. The average Bonchev–Trinajstić information content (AvgIpc) is 3.16. The van der Waals surface area contributed by atoms with Gasteiger partial charge in [0, 0.05) is 15.8 Å². The van der Waals surface area contributed by atoms with Crippen LogP contribution in [0.4, 0.5) is 5.13 Å². The largest absolute Gasteiger partial charge is 0.507 e. The van der Waals surface area contributed by atoms with Gasteiger partial charge in [0.1, 0.15) is 5.75 Å². The molecule has 0 radical (unpaired) electrons. The Morgan fingerprint density at radius 1 is 1.28 bits per heavy atom. The summed E-state index contributed by atoms with van der Waals surface area (Å²) in [5.74, 6) is -0.162. The van der Waals surface area contributed by atoms with Crippen molar-refractivity contribution in [2.75, 3.05) is 18.3 Å². The fraction of sp³-hybridized carbons (Fsp3) is 0.190. The van der Waals surface area contributed by atoms with Crippen LogP contribution in [-0.4, -0.2) is 35.1 Å². The van der Waals surface area contributed by atoms with E-state index in [0.29, 0.717) is 23.0 Å². The standard InChI is InChI=1S/C21H21N3O3S2/c1-3-27-20(26)11-17-13-29-21(23-17)24-22-12-16-5-4-15(10-19(16)25)14-6-8-18(28-2)9-7-14/h4-10,12-13,25H,3,11H2,1-2H3,(H,23,24). The van der Waals surface area contributed by atoms with E-state index in [9.17, 15) is 9.90 Å². The number of thioether (sulfide) groups is 1. The highest BCUT2D eigenvalue weighted by atomic mass is 32.2. The van der Waals surface area contributed by atoms with Gasteiger partial charge in [-0.15, -0.1) is 23.1 Å². The second-order valence-corrected chi connectivity index (χ2v) is 7.74. The van der Waals surface area contributed by atoms with Crippen molar-refractivity contribution in [3.63, 3.8) is 0 Å². The summed E-state index contributed by atoms with van der Waals surface area (Å²) in [5.41, 5.74) is 6.01. The van der Waals surface area contributed by atoms with E-state index in [4.69, 9.17) is 4.74 Å². The summed E-state index contributed by atoms with van der Waals surface area (Å²) < 4.78 is 4.91. The second-order valence-electron chi connectivity index (χ2n) is 6.00. The van der Waals surface area contributed by atoms with Crippen molar-refractivity contribution in [1.29, 1.82) is 0 Å². The zero-order valence-electron chi connectivity index (χ0n) is 16.1. The highest BCUT2D eigenvalue weighted by Gasteiger charge is 2.08. The summed E-state index contributed by atoms with van der Waals surface area (Å²) in [6, 6.07) is 13.7. The Balaban J connectivity index is 1.62. The number of hydrogen-bond donors (Lipinski definition) is 2. The number of carbonyl (C=O) groups is 1. The van der Waals surface area contributed by atoms with E-state index in [1.165, 1.54) is 22.4 Å². The Labute approximate surface area is 177 Å². The predicted octanol–water partition coefficient (Wildman–Crippen LogP) is 4.79. The molecule has 0 aliphatic rings. The van der Waals surface area contributed by atoms with Crippen LogP contribution in [0.2, 0.25) is 0 Å². The summed E-state index contributed by atoms with van der Waals surface area (Å²) in [6.45, 7) is 2.12. The molecular weight excluding hydrogens is 406 g/mol. The van der Waals surface area contributed by atoms with Crippen LogP contribution in [0.15, 0.2) is 57.8 Å². The Bertz CT molecular complexity index is 1000. The lowest BCUT2D eigenvalue weighted by atomic mass is 10.0. The van der Waals surface area contributed by atoms with Crippen molar-refractivity contribution in [3.8, 4) is 16.9 Å². The lowest BCUT2D eigenvalue weighted by molar-refractivity contribution is -0.142. The first-order valence-electron chi connectivity index (χ1n) is 8.95. The number of phenolic OH excluding ortho intramolecular Hbond substituents is 1. The van der Waals surface area contributed by atoms with E-state index in [1.807, 2.05) is 30.5 Å². The summed E-state index contributed by atoms with van der Waals surface area (Å²) in [5, 5.41) is 16.8. The molecule has 1 aromatic heterocycles.